The Hall–Kier alpha value is -0.110. The normalized spacial score (nSPS) is 38.1. The van der Waals surface area contributed by atoms with Crippen LogP contribution >= 0.6 is 7.60 Å². The van der Waals surface area contributed by atoms with Crippen molar-refractivity contribution in [3.8, 4) is 0 Å². The third-order valence-corrected chi connectivity index (χ3v) is 3.75. The van der Waals surface area contributed by atoms with Gasteiger partial charge in [-0.15, -0.1) is 0 Å². The second kappa shape index (κ2) is 4.87. The number of aliphatic hydroxyl groups excluding tert-OH is 3. The molecule has 9 heteroatoms. The van der Waals surface area contributed by atoms with Crippen LogP contribution in [-0.2, 0) is 4.57 Å². The lowest BCUT2D eigenvalue weighted by molar-refractivity contribution is -0.210. The number of halogens is 2. The highest BCUT2D eigenvalue weighted by Crippen LogP contribution is 2.44. The lowest BCUT2D eigenvalue weighted by atomic mass is 9.78. The first-order chi connectivity index (χ1) is 7.54. The average molecular weight is 276 g/mol. The van der Waals surface area contributed by atoms with Crippen molar-refractivity contribution in [3.63, 3.8) is 0 Å². The van der Waals surface area contributed by atoms with Crippen molar-refractivity contribution < 1.29 is 38.5 Å². The van der Waals surface area contributed by atoms with Crippen molar-refractivity contribution in [1.29, 1.82) is 0 Å². The van der Waals surface area contributed by atoms with Gasteiger partial charge in [0.1, 0.15) is 6.10 Å². The van der Waals surface area contributed by atoms with Gasteiger partial charge in [-0.2, -0.15) is 0 Å². The van der Waals surface area contributed by atoms with E-state index in [-0.39, 0.29) is 0 Å². The zero-order valence-electron chi connectivity index (χ0n) is 8.78. The fraction of sp³-hybridized carbons (Fsp3) is 1.00. The fourth-order valence-corrected chi connectivity index (χ4v) is 2.57. The highest BCUT2D eigenvalue weighted by Gasteiger charge is 2.53. The molecular weight excluding hydrogens is 261 g/mol. The molecule has 1 aliphatic carbocycles. The Morgan fingerprint density at radius 2 is 1.71 bits per heavy atom. The Morgan fingerprint density at radius 1 is 1.18 bits per heavy atom. The van der Waals surface area contributed by atoms with Crippen molar-refractivity contribution >= 4 is 7.60 Å². The summed E-state index contributed by atoms with van der Waals surface area (Å²) in [6.07, 6.45) is -7.82. The summed E-state index contributed by atoms with van der Waals surface area (Å²) in [4.78, 5) is 17.2. The molecule has 17 heavy (non-hydrogen) atoms. The predicted octanol–water partition coefficient (Wildman–Crippen LogP) is -0.708. The molecule has 0 heterocycles. The Morgan fingerprint density at radius 3 is 2.18 bits per heavy atom. The summed E-state index contributed by atoms with van der Waals surface area (Å²) >= 11 is 0. The molecule has 1 saturated carbocycles. The molecule has 4 atom stereocenters. The molecule has 0 aromatic carbocycles. The Bertz CT molecular complexity index is 319. The van der Waals surface area contributed by atoms with Crippen LogP contribution in [0.2, 0.25) is 0 Å². The van der Waals surface area contributed by atoms with E-state index in [0.717, 1.165) is 0 Å². The quantitative estimate of drug-likeness (QED) is 0.435. The molecule has 0 aliphatic heterocycles. The van der Waals surface area contributed by atoms with Gasteiger partial charge in [0.2, 0.25) is 0 Å². The molecule has 0 aromatic heterocycles. The van der Waals surface area contributed by atoms with Gasteiger partial charge in [-0.05, 0) is 6.42 Å². The van der Waals surface area contributed by atoms with Crippen molar-refractivity contribution in [2.45, 2.75) is 37.1 Å². The lowest BCUT2D eigenvalue weighted by Crippen LogP contribution is -2.55. The summed E-state index contributed by atoms with van der Waals surface area (Å²) in [6, 6.07) is 0. The third kappa shape index (κ3) is 3.67. The molecule has 5 N–H and O–H groups in total. The lowest BCUT2D eigenvalue weighted by Gasteiger charge is -2.40. The monoisotopic (exact) mass is 276 g/mol. The van der Waals surface area contributed by atoms with E-state index in [1.54, 1.807) is 0 Å². The molecule has 0 radical (unpaired) electrons. The van der Waals surface area contributed by atoms with Crippen LogP contribution in [0.4, 0.5) is 8.78 Å². The summed E-state index contributed by atoms with van der Waals surface area (Å²) in [6.45, 7) is 0. The molecule has 1 fully saturated rings. The SMILES string of the molecule is O=P(O)(O)CC[C@@H]1[C@@H](O)[C@H](O)[C@H](O)CC1(F)F. The fourth-order valence-electron chi connectivity index (χ4n) is 1.96. The van der Waals surface area contributed by atoms with Crippen LogP contribution in [0, 0.1) is 5.92 Å². The molecule has 102 valence electrons. The van der Waals surface area contributed by atoms with Gasteiger partial charge in [0.25, 0.3) is 5.92 Å². The minimum Gasteiger partial charge on any atom is -0.390 e. The van der Waals surface area contributed by atoms with Gasteiger partial charge in [0.05, 0.1) is 24.3 Å². The number of rotatable bonds is 3. The molecule has 0 bridgehead atoms. The summed E-state index contributed by atoms with van der Waals surface area (Å²) in [5.41, 5.74) is 0. The summed E-state index contributed by atoms with van der Waals surface area (Å²) < 4.78 is 37.5. The maximum absolute atomic E-state index is 13.4. The van der Waals surface area contributed by atoms with Crippen molar-refractivity contribution in [3.05, 3.63) is 0 Å². The zero-order valence-corrected chi connectivity index (χ0v) is 9.67. The van der Waals surface area contributed by atoms with Crippen LogP contribution < -0.4 is 0 Å². The Balaban J connectivity index is 2.77. The first-order valence-electron chi connectivity index (χ1n) is 5.01. The van der Waals surface area contributed by atoms with Crippen LogP contribution in [0.5, 0.6) is 0 Å². The Labute approximate surface area is 96.1 Å². The van der Waals surface area contributed by atoms with Crippen LogP contribution in [0.25, 0.3) is 0 Å². The third-order valence-electron chi connectivity index (χ3n) is 2.91. The van der Waals surface area contributed by atoms with Crippen molar-refractivity contribution in [1.82, 2.24) is 0 Å². The number of hydrogen-bond acceptors (Lipinski definition) is 4. The zero-order chi connectivity index (χ0) is 13.4. The molecule has 0 saturated heterocycles. The molecule has 0 unspecified atom stereocenters. The molecule has 6 nitrogen and oxygen atoms in total. The maximum atomic E-state index is 13.4. The van der Waals surface area contributed by atoms with E-state index in [9.17, 15) is 23.6 Å². The average Bonchev–Trinajstić information content (AvgIpc) is 2.11. The second-order valence-electron chi connectivity index (χ2n) is 4.30. The molecule has 0 aromatic rings. The highest BCUT2D eigenvalue weighted by atomic mass is 31.2. The van der Waals surface area contributed by atoms with Gasteiger partial charge >= 0.3 is 7.60 Å². The predicted molar refractivity (Wildman–Crippen MR) is 52.6 cm³/mol. The van der Waals surface area contributed by atoms with E-state index in [4.69, 9.17) is 14.9 Å². The molecule has 0 amide bonds. The summed E-state index contributed by atoms with van der Waals surface area (Å²) in [5, 5.41) is 27.7. The summed E-state index contributed by atoms with van der Waals surface area (Å²) in [5.74, 6) is -5.23. The van der Waals surface area contributed by atoms with Gasteiger partial charge in [-0.1, -0.05) is 0 Å². The Kier molecular flexibility index (Phi) is 4.28. The molecule has 1 rings (SSSR count). The molecule has 1 aliphatic rings. The topological polar surface area (TPSA) is 118 Å². The molecular formula is C8H15F2O6P. The van der Waals surface area contributed by atoms with Gasteiger partial charge in [0, 0.05) is 6.42 Å². The minimum atomic E-state index is -4.44. The van der Waals surface area contributed by atoms with E-state index < -0.39 is 56.8 Å². The minimum absolute atomic E-state index is 0.623. The van der Waals surface area contributed by atoms with E-state index >= 15 is 0 Å². The van der Waals surface area contributed by atoms with Crippen LogP contribution in [0.1, 0.15) is 12.8 Å². The number of hydrogen-bond donors (Lipinski definition) is 5. The van der Waals surface area contributed by atoms with Gasteiger partial charge in [-0.25, -0.2) is 8.78 Å². The molecule has 0 spiro atoms. The number of alkyl halides is 2. The second-order valence-corrected chi connectivity index (χ2v) is 6.07. The van der Waals surface area contributed by atoms with E-state index in [1.165, 1.54) is 0 Å². The van der Waals surface area contributed by atoms with E-state index in [1.807, 2.05) is 0 Å². The van der Waals surface area contributed by atoms with Crippen LogP contribution in [-0.4, -0.2) is 55.5 Å². The number of aliphatic hydroxyl groups is 3. The maximum Gasteiger partial charge on any atom is 0.325 e. The first kappa shape index (κ1) is 14.9. The smallest absolute Gasteiger partial charge is 0.325 e. The standard InChI is InChI=1S/C8H15F2O6P/c9-8(10)3-5(11)7(13)6(12)4(8)1-2-17(14,15)16/h4-7,11-13H,1-3H2,(H2,14,15,16)/t4-,5-,6-,7-/m1/s1. The first-order valence-corrected chi connectivity index (χ1v) is 6.81. The largest absolute Gasteiger partial charge is 0.390 e. The van der Waals surface area contributed by atoms with Gasteiger partial charge in [-0.3, -0.25) is 4.57 Å². The van der Waals surface area contributed by atoms with Crippen LogP contribution in [0.3, 0.4) is 0 Å². The highest BCUT2D eigenvalue weighted by molar-refractivity contribution is 7.51. The van der Waals surface area contributed by atoms with Crippen LogP contribution in [0.15, 0.2) is 0 Å². The van der Waals surface area contributed by atoms with E-state index in [2.05, 4.69) is 0 Å². The van der Waals surface area contributed by atoms with Crippen molar-refractivity contribution in [2.24, 2.45) is 5.92 Å². The van der Waals surface area contributed by atoms with Gasteiger partial charge < -0.3 is 25.1 Å². The van der Waals surface area contributed by atoms with Gasteiger partial charge in [0.15, 0.2) is 0 Å². The summed E-state index contributed by atoms with van der Waals surface area (Å²) in [7, 11) is -4.44. The van der Waals surface area contributed by atoms with Crippen molar-refractivity contribution in [2.75, 3.05) is 6.16 Å². The van der Waals surface area contributed by atoms with E-state index in [0.29, 0.717) is 0 Å².